The Labute approximate surface area is 129 Å². The standard InChI is InChI=1S/C17H21NO2S/c1-17(18,16(19)20-2)10-5-11-21-15-9-8-13-6-3-4-7-14(13)12-15/h3-4,6-9,12H,5,10-11,18H2,1-2H3. The fourth-order valence-electron chi connectivity index (χ4n) is 2.22. The number of fused-ring (bicyclic) bond motifs is 1. The van der Waals surface area contributed by atoms with Crippen molar-refractivity contribution in [1.29, 1.82) is 0 Å². The number of carbonyl (C=O) groups excluding carboxylic acids is 1. The Morgan fingerprint density at radius 2 is 1.95 bits per heavy atom. The SMILES string of the molecule is COC(=O)C(C)(N)CCCSc1ccc2ccccc2c1. The summed E-state index contributed by atoms with van der Waals surface area (Å²) in [5.41, 5.74) is 5.05. The smallest absolute Gasteiger partial charge is 0.325 e. The Morgan fingerprint density at radius 3 is 2.67 bits per heavy atom. The van der Waals surface area contributed by atoms with Gasteiger partial charge in [0.2, 0.25) is 0 Å². The van der Waals surface area contributed by atoms with Crippen LogP contribution in [0.4, 0.5) is 0 Å². The van der Waals surface area contributed by atoms with Crippen LogP contribution in [0.5, 0.6) is 0 Å². The molecule has 0 heterocycles. The van der Waals surface area contributed by atoms with Crippen molar-refractivity contribution >= 4 is 28.5 Å². The summed E-state index contributed by atoms with van der Waals surface area (Å²) in [6.45, 7) is 1.72. The van der Waals surface area contributed by atoms with Crippen molar-refractivity contribution < 1.29 is 9.53 Å². The summed E-state index contributed by atoms with van der Waals surface area (Å²) in [4.78, 5) is 12.7. The van der Waals surface area contributed by atoms with Crippen LogP contribution in [0.15, 0.2) is 47.4 Å². The number of methoxy groups -OCH3 is 1. The second-order valence-corrected chi connectivity index (χ2v) is 6.54. The average Bonchev–Trinajstić information content (AvgIpc) is 2.50. The summed E-state index contributed by atoms with van der Waals surface area (Å²) in [5, 5.41) is 2.50. The maximum absolute atomic E-state index is 11.5. The van der Waals surface area contributed by atoms with Crippen LogP contribution in [0.1, 0.15) is 19.8 Å². The van der Waals surface area contributed by atoms with Crippen LogP contribution in [0.3, 0.4) is 0 Å². The Morgan fingerprint density at radius 1 is 1.24 bits per heavy atom. The predicted octanol–water partition coefficient (Wildman–Crippen LogP) is 3.60. The zero-order chi connectivity index (χ0) is 15.3. The molecular weight excluding hydrogens is 282 g/mol. The number of hydrogen-bond acceptors (Lipinski definition) is 4. The molecule has 0 fully saturated rings. The third-order valence-corrected chi connectivity index (χ3v) is 4.56. The summed E-state index contributed by atoms with van der Waals surface area (Å²) < 4.78 is 4.71. The van der Waals surface area contributed by atoms with Gasteiger partial charge in [-0.3, -0.25) is 4.79 Å². The molecule has 0 spiro atoms. The molecule has 0 aliphatic carbocycles. The van der Waals surface area contributed by atoms with Crippen molar-refractivity contribution in [2.24, 2.45) is 5.73 Å². The van der Waals surface area contributed by atoms with Gasteiger partial charge in [0, 0.05) is 4.90 Å². The minimum atomic E-state index is -0.890. The van der Waals surface area contributed by atoms with E-state index in [-0.39, 0.29) is 5.97 Å². The lowest BCUT2D eigenvalue weighted by Gasteiger charge is -2.20. The number of rotatable bonds is 6. The van der Waals surface area contributed by atoms with Gasteiger partial charge in [-0.25, -0.2) is 0 Å². The molecule has 2 N–H and O–H groups in total. The lowest BCUT2D eigenvalue weighted by Crippen LogP contribution is -2.45. The fraction of sp³-hybridized carbons (Fsp3) is 0.353. The number of carbonyl (C=O) groups is 1. The van der Waals surface area contributed by atoms with Gasteiger partial charge in [-0.05, 0) is 48.4 Å². The third-order valence-electron chi connectivity index (χ3n) is 3.48. The van der Waals surface area contributed by atoms with Crippen molar-refractivity contribution in [1.82, 2.24) is 0 Å². The van der Waals surface area contributed by atoms with Crippen molar-refractivity contribution in [3.63, 3.8) is 0 Å². The van der Waals surface area contributed by atoms with Crippen molar-refractivity contribution in [2.75, 3.05) is 12.9 Å². The zero-order valence-electron chi connectivity index (χ0n) is 12.5. The van der Waals surface area contributed by atoms with Crippen LogP contribution in [-0.4, -0.2) is 24.4 Å². The minimum absolute atomic E-state index is 0.349. The van der Waals surface area contributed by atoms with E-state index in [9.17, 15) is 4.79 Å². The molecule has 1 unspecified atom stereocenters. The minimum Gasteiger partial charge on any atom is -0.468 e. The molecule has 4 heteroatoms. The third kappa shape index (κ3) is 4.22. The second kappa shape index (κ2) is 6.96. The summed E-state index contributed by atoms with van der Waals surface area (Å²) in [5.74, 6) is 0.584. The van der Waals surface area contributed by atoms with E-state index in [1.54, 1.807) is 18.7 Å². The molecule has 112 valence electrons. The molecule has 0 aromatic heterocycles. The number of hydrogen-bond donors (Lipinski definition) is 1. The molecule has 0 aliphatic rings. The first-order chi connectivity index (χ1) is 10.0. The first-order valence-electron chi connectivity index (χ1n) is 7.02. The van der Waals surface area contributed by atoms with Crippen LogP contribution in [0.25, 0.3) is 10.8 Å². The number of ether oxygens (including phenoxy) is 1. The summed E-state index contributed by atoms with van der Waals surface area (Å²) >= 11 is 1.79. The van der Waals surface area contributed by atoms with Gasteiger partial charge >= 0.3 is 5.97 Å². The van der Waals surface area contributed by atoms with Crippen LogP contribution < -0.4 is 5.73 Å². The van der Waals surface area contributed by atoms with Gasteiger partial charge in [0.25, 0.3) is 0 Å². The Kier molecular flexibility index (Phi) is 5.26. The zero-order valence-corrected chi connectivity index (χ0v) is 13.3. The molecule has 0 aliphatic heterocycles. The van der Waals surface area contributed by atoms with E-state index in [4.69, 9.17) is 10.5 Å². The normalized spacial score (nSPS) is 13.9. The topological polar surface area (TPSA) is 52.3 Å². The van der Waals surface area contributed by atoms with E-state index in [0.29, 0.717) is 6.42 Å². The van der Waals surface area contributed by atoms with Gasteiger partial charge in [-0.1, -0.05) is 30.3 Å². The molecule has 0 radical (unpaired) electrons. The number of benzene rings is 2. The quantitative estimate of drug-likeness (QED) is 0.503. The molecular formula is C17H21NO2S. The van der Waals surface area contributed by atoms with Gasteiger partial charge in [0.15, 0.2) is 0 Å². The predicted molar refractivity (Wildman–Crippen MR) is 88.5 cm³/mol. The molecule has 0 saturated carbocycles. The highest BCUT2D eigenvalue weighted by Gasteiger charge is 2.28. The maximum Gasteiger partial charge on any atom is 0.325 e. The molecule has 0 amide bonds. The highest BCUT2D eigenvalue weighted by Crippen LogP contribution is 2.25. The number of esters is 1. The number of nitrogens with two attached hydrogens (primary N) is 1. The largest absolute Gasteiger partial charge is 0.468 e. The molecule has 21 heavy (non-hydrogen) atoms. The second-order valence-electron chi connectivity index (χ2n) is 5.37. The van der Waals surface area contributed by atoms with E-state index in [2.05, 4.69) is 30.3 Å². The molecule has 0 saturated heterocycles. The van der Waals surface area contributed by atoms with Crippen molar-refractivity contribution in [3.05, 3.63) is 42.5 Å². The average molecular weight is 303 g/mol. The van der Waals surface area contributed by atoms with Crippen LogP contribution in [0.2, 0.25) is 0 Å². The van der Waals surface area contributed by atoms with Crippen molar-refractivity contribution in [2.45, 2.75) is 30.2 Å². The van der Waals surface area contributed by atoms with E-state index in [1.807, 2.05) is 12.1 Å². The van der Waals surface area contributed by atoms with Gasteiger partial charge in [0.1, 0.15) is 5.54 Å². The maximum atomic E-state index is 11.5. The van der Waals surface area contributed by atoms with Gasteiger partial charge in [0.05, 0.1) is 7.11 Å². The van der Waals surface area contributed by atoms with Crippen LogP contribution >= 0.6 is 11.8 Å². The fourth-order valence-corrected chi connectivity index (χ4v) is 3.12. The lowest BCUT2D eigenvalue weighted by molar-refractivity contribution is -0.146. The van der Waals surface area contributed by atoms with Gasteiger partial charge in [-0.2, -0.15) is 0 Å². The van der Waals surface area contributed by atoms with Crippen LogP contribution in [0, 0.1) is 0 Å². The molecule has 1 atom stereocenters. The Balaban J connectivity index is 1.86. The number of thioether (sulfide) groups is 1. The Hall–Kier alpha value is -1.52. The lowest BCUT2D eigenvalue weighted by atomic mass is 9.98. The molecule has 3 nitrogen and oxygen atoms in total. The first-order valence-corrected chi connectivity index (χ1v) is 8.00. The monoisotopic (exact) mass is 303 g/mol. The van der Waals surface area contributed by atoms with Gasteiger partial charge < -0.3 is 10.5 Å². The Bertz CT molecular complexity index is 625. The molecule has 0 bridgehead atoms. The van der Waals surface area contributed by atoms with Crippen molar-refractivity contribution in [3.8, 4) is 0 Å². The molecule has 2 aromatic carbocycles. The van der Waals surface area contributed by atoms with Crippen LogP contribution in [-0.2, 0) is 9.53 Å². The summed E-state index contributed by atoms with van der Waals surface area (Å²) in [7, 11) is 1.37. The summed E-state index contributed by atoms with van der Waals surface area (Å²) in [6.07, 6.45) is 1.50. The highest BCUT2D eigenvalue weighted by molar-refractivity contribution is 7.99. The first kappa shape index (κ1) is 15.9. The molecule has 2 aromatic rings. The van der Waals surface area contributed by atoms with E-state index in [0.717, 1.165) is 12.2 Å². The van der Waals surface area contributed by atoms with E-state index in [1.165, 1.54) is 22.8 Å². The van der Waals surface area contributed by atoms with E-state index < -0.39 is 5.54 Å². The highest BCUT2D eigenvalue weighted by atomic mass is 32.2. The molecule has 2 rings (SSSR count). The summed E-state index contributed by atoms with van der Waals surface area (Å²) in [6, 6.07) is 14.8. The van der Waals surface area contributed by atoms with E-state index >= 15 is 0 Å². The van der Waals surface area contributed by atoms with Gasteiger partial charge in [-0.15, -0.1) is 11.8 Å².